The van der Waals surface area contributed by atoms with E-state index in [1.165, 1.54) is 16.4 Å². The summed E-state index contributed by atoms with van der Waals surface area (Å²) in [6.07, 6.45) is 0. The number of hydrogen-bond acceptors (Lipinski definition) is 6. The van der Waals surface area contributed by atoms with E-state index in [4.69, 9.17) is 0 Å². The Morgan fingerprint density at radius 1 is 1.36 bits per heavy atom. The van der Waals surface area contributed by atoms with E-state index >= 15 is 0 Å². The molecule has 8 nitrogen and oxygen atoms in total. The predicted octanol–water partition coefficient (Wildman–Crippen LogP) is 1.91. The number of aryl methyl sites for hydroxylation is 1. The zero-order valence-corrected chi connectivity index (χ0v) is 14.9. The van der Waals surface area contributed by atoms with Crippen molar-refractivity contribution in [3.8, 4) is 0 Å². The van der Waals surface area contributed by atoms with E-state index < -0.39 is 0 Å². The molecule has 0 aliphatic heterocycles. The SMILES string of the molecule is CC(C)c1cc(=O)[nH]c2cc(NC(=O)CSc3nnnn3C)ccc12. The maximum atomic E-state index is 12.1. The number of nitrogens with zero attached hydrogens (tertiary/aromatic N) is 4. The van der Waals surface area contributed by atoms with Crippen molar-refractivity contribution in [2.75, 3.05) is 11.1 Å². The molecule has 0 bridgehead atoms. The highest BCUT2D eigenvalue weighted by atomic mass is 32.2. The number of carbonyl (C=O) groups excluding carboxylic acids is 1. The van der Waals surface area contributed by atoms with Gasteiger partial charge in [0.1, 0.15) is 0 Å². The number of hydrogen-bond donors (Lipinski definition) is 2. The highest BCUT2D eigenvalue weighted by Gasteiger charge is 2.11. The van der Waals surface area contributed by atoms with Gasteiger partial charge in [-0.1, -0.05) is 31.7 Å². The average molecular weight is 358 g/mol. The highest BCUT2D eigenvalue weighted by Crippen LogP contribution is 2.25. The molecule has 0 saturated carbocycles. The van der Waals surface area contributed by atoms with E-state index in [1.54, 1.807) is 19.2 Å². The Morgan fingerprint density at radius 3 is 2.84 bits per heavy atom. The Bertz CT molecular complexity index is 978. The molecular weight excluding hydrogens is 340 g/mol. The molecule has 130 valence electrons. The standard InChI is InChI=1S/C16H18N6O2S/c1-9(2)12-7-14(23)18-13-6-10(4-5-11(12)13)17-15(24)8-25-16-19-20-21-22(16)3/h4-7,9H,8H2,1-3H3,(H,17,24)(H,18,23). The van der Waals surface area contributed by atoms with Crippen molar-refractivity contribution >= 4 is 34.3 Å². The molecule has 1 amide bonds. The lowest BCUT2D eigenvalue weighted by atomic mass is 9.99. The quantitative estimate of drug-likeness (QED) is 0.675. The fraction of sp³-hybridized carbons (Fsp3) is 0.312. The lowest BCUT2D eigenvalue weighted by Crippen LogP contribution is -2.15. The lowest BCUT2D eigenvalue weighted by Gasteiger charge is -2.11. The van der Waals surface area contributed by atoms with Gasteiger partial charge in [-0.3, -0.25) is 9.59 Å². The van der Waals surface area contributed by atoms with Gasteiger partial charge in [-0.15, -0.1) is 5.10 Å². The number of amides is 1. The first-order chi connectivity index (χ1) is 11.9. The summed E-state index contributed by atoms with van der Waals surface area (Å²) in [5, 5.41) is 15.4. The van der Waals surface area contributed by atoms with Crippen molar-refractivity contribution in [3.05, 3.63) is 40.2 Å². The fourth-order valence-corrected chi connectivity index (χ4v) is 3.16. The number of aromatic nitrogens is 5. The average Bonchev–Trinajstić information content (AvgIpc) is 2.96. The molecule has 0 atom stereocenters. The number of carbonyl (C=O) groups is 1. The van der Waals surface area contributed by atoms with Crippen LogP contribution in [0.2, 0.25) is 0 Å². The first-order valence-electron chi connectivity index (χ1n) is 7.76. The maximum absolute atomic E-state index is 12.1. The van der Waals surface area contributed by atoms with Crippen molar-refractivity contribution in [1.82, 2.24) is 25.2 Å². The van der Waals surface area contributed by atoms with E-state index in [0.717, 1.165) is 10.9 Å². The molecule has 0 radical (unpaired) electrons. The molecule has 0 saturated heterocycles. The molecule has 0 aliphatic rings. The van der Waals surface area contributed by atoms with Gasteiger partial charge in [0.25, 0.3) is 0 Å². The Hall–Kier alpha value is -2.68. The van der Waals surface area contributed by atoms with Crippen molar-refractivity contribution in [3.63, 3.8) is 0 Å². The van der Waals surface area contributed by atoms with Crippen LogP contribution in [0.5, 0.6) is 0 Å². The molecule has 0 unspecified atom stereocenters. The smallest absolute Gasteiger partial charge is 0.248 e. The Labute approximate surface area is 148 Å². The number of pyridine rings is 1. The van der Waals surface area contributed by atoms with E-state index in [1.807, 2.05) is 26.0 Å². The second kappa shape index (κ2) is 7.06. The van der Waals surface area contributed by atoms with Gasteiger partial charge < -0.3 is 10.3 Å². The van der Waals surface area contributed by atoms with Crippen LogP contribution in [0.4, 0.5) is 5.69 Å². The van der Waals surface area contributed by atoms with Crippen LogP contribution in [-0.2, 0) is 11.8 Å². The summed E-state index contributed by atoms with van der Waals surface area (Å²) < 4.78 is 1.51. The minimum Gasteiger partial charge on any atom is -0.325 e. The zero-order chi connectivity index (χ0) is 18.0. The minimum atomic E-state index is -0.172. The molecule has 3 aromatic rings. The molecule has 0 spiro atoms. The molecule has 0 aliphatic carbocycles. The third-order valence-electron chi connectivity index (χ3n) is 3.69. The second-order valence-corrected chi connectivity index (χ2v) is 6.87. The van der Waals surface area contributed by atoms with Crippen LogP contribution in [-0.4, -0.2) is 36.9 Å². The first kappa shape index (κ1) is 17.2. The van der Waals surface area contributed by atoms with E-state index in [0.29, 0.717) is 16.4 Å². The molecule has 3 rings (SSSR count). The normalized spacial score (nSPS) is 11.2. The number of tetrazole rings is 1. The Balaban J connectivity index is 1.76. The van der Waals surface area contributed by atoms with Crippen molar-refractivity contribution in [2.24, 2.45) is 7.05 Å². The number of H-pyrrole nitrogens is 1. The largest absolute Gasteiger partial charge is 0.325 e. The van der Waals surface area contributed by atoms with Gasteiger partial charge >= 0.3 is 0 Å². The van der Waals surface area contributed by atoms with Crippen LogP contribution >= 0.6 is 11.8 Å². The molecule has 2 heterocycles. The van der Waals surface area contributed by atoms with Gasteiger partial charge in [-0.2, -0.15) is 0 Å². The molecule has 1 aromatic carbocycles. The maximum Gasteiger partial charge on any atom is 0.248 e. The Kier molecular flexibility index (Phi) is 4.84. The number of fused-ring (bicyclic) bond motifs is 1. The van der Waals surface area contributed by atoms with Gasteiger partial charge in [0.05, 0.1) is 11.3 Å². The lowest BCUT2D eigenvalue weighted by molar-refractivity contribution is -0.113. The van der Waals surface area contributed by atoms with Crippen molar-refractivity contribution in [2.45, 2.75) is 24.9 Å². The Morgan fingerprint density at radius 2 is 2.16 bits per heavy atom. The molecule has 25 heavy (non-hydrogen) atoms. The van der Waals surface area contributed by atoms with E-state index in [9.17, 15) is 9.59 Å². The van der Waals surface area contributed by atoms with E-state index in [-0.39, 0.29) is 23.1 Å². The number of benzene rings is 1. The van der Waals surface area contributed by atoms with Crippen LogP contribution in [0.25, 0.3) is 10.9 Å². The van der Waals surface area contributed by atoms with Crippen LogP contribution in [0, 0.1) is 0 Å². The van der Waals surface area contributed by atoms with Crippen molar-refractivity contribution in [1.29, 1.82) is 0 Å². The van der Waals surface area contributed by atoms with Gasteiger partial charge in [0.2, 0.25) is 16.6 Å². The summed E-state index contributed by atoms with van der Waals surface area (Å²) in [7, 11) is 1.71. The van der Waals surface area contributed by atoms with Crippen molar-refractivity contribution < 1.29 is 4.79 Å². The molecular formula is C16H18N6O2S. The first-order valence-corrected chi connectivity index (χ1v) is 8.74. The monoisotopic (exact) mass is 358 g/mol. The van der Waals surface area contributed by atoms with E-state index in [2.05, 4.69) is 25.8 Å². The molecule has 0 fully saturated rings. The second-order valence-electron chi connectivity index (χ2n) is 5.93. The third kappa shape index (κ3) is 3.87. The summed E-state index contributed by atoms with van der Waals surface area (Å²) in [6.45, 7) is 4.09. The van der Waals surface area contributed by atoms with Gasteiger partial charge in [-0.05, 0) is 34.0 Å². The number of aromatic amines is 1. The molecule has 2 aromatic heterocycles. The van der Waals surface area contributed by atoms with Crippen LogP contribution < -0.4 is 10.9 Å². The topological polar surface area (TPSA) is 106 Å². The minimum absolute atomic E-state index is 0.148. The predicted molar refractivity (Wildman–Crippen MR) is 96.8 cm³/mol. The summed E-state index contributed by atoms with van der Waals surface area (Å²) >= 11 is 1.25. The van der Waals surface area contributed by atoms with Gasteiger partial charge in [0, 0.05) is 24.2 Å². The molecule has 2 N–H and O–H groups in total. The van der Waals surface area contributed by atoms with Gasteiger partial charge in [-0.25, -0.2) is 4.68 Å². The summed E-state index contributed by atoms with van der Waals surface area (Å²) in [6, 6.07) is 7.14. The van der Waals surface area contributed by atoms with Crippen LogP contribution in [0.3, 0.4) is 0 Å². The number of thioether (sulfide) groups is 1. The number of anilines is 1. The summed E-state index contributed by atoms with van der Waals surface area (Å²) in [4.78, 5) is 26.8. The third-order valence-corrected chi connectivity index (χ3v) is 4.71. The van der Waals surface area contributed by atoms with Gasteiger partial charge in [0.15, 0.2) is 0 Å². The summed E-state index contributed by atoms with van der Waals surface area (Å²) in [5.74, 6) is 0.255. The van der Waals surface area contributed by atoms with Crippen LogP contribution in [0.15, 0.2) is 34.2 Å². The van der Waals surface area contributed by atoms with Crippen LogP contribution in [0.1, 0.15) is 25.3 Å². The number of rotatable bonds is 5. The summed E-state index contributed by atoms with van der Waals surface area (Å²) in [5.41, 5.74) is 2.18. The number of nitrogens with one attached hydrogen (secondary N) is 2. The highest BCUT2D eigenvalue weighted by molar-refractivity contribution is 7.99. The fourth-order valence-electron chi connectivity index (χ4n) is 2.51. The zero-order valence-electron chi connectivity index (χ0n) is 14.1. The molecule has 9 heteroatoms.